The summed E-state index contributed by atoms with van der Waals surface area (Å²) in [6.07, 6.45) is 9.49. The molecule has 0 aliphatic rings. The molecule has 0 heterocycles. The van der Waals surface area contributed by atoms with Crippen LogP contribution in [0.5, 0.6) is 0 Å². The van der Waals surface area contributed by atoms with Crippen molar-refractivity contribution in [3.05, 3.63) is 0 Å². The van der Waals surface area contributed by atoms with E-state index >= 15 is 0 Å². The Kier molecular flexibility index (Phi) is 9.91. The summed E-state index contributed by atoms with van der Waals surface area (Å²) >= 11 is 0. The van der Waals surface area contributed by atoms with Crippen molar-refractivity contribution < 1.29 is 0 Å². The van der Waals surface area contributed by atoms with Crippen LogP contribution in [-0.2, 0) is 0 Å². The number of nitrogens with one attached hydrogen (secondary N) is 1. The summed E-state index contributed by atoms with van der Waals surface area (Å²) < 4.78 is 0. The third kappa shape index (κ3) is 9.64. The van der Waals surface area contributed by atoms with Crippen LogP contribution in [0.15, 0.2) is 0 Å². The lowest BCUT2D eigenvalue weighted by Crippen LogP contribution is -2.25. The van der Waals surface area contributed by atoms with Crippen molar-refractivity contribution in [2.24, 2.45) is 11.3 Å². The second kappa shape index (κ2) is 9.94. The van der Waals surface area contributed by atoms with E-state index in [0.29, 0.717) is 5.41 Å². The minimum absolute atomic E-state index is 0.509. The quantitative estimate of drug-likeness (QED) is 0.501. The SMILES string of the molecule is CCCCC(CC)CC(C)(C)CCNCCC. The second-order valence-corrected chi connectivity index (χ2v) is 6.28. The number of hydrogen-bond donors (Lipinski definition) is 1. The molecule has 0 aromatic rings. The summed E-state index contributed by atoms with van der Waals surface area (Å²) in [6, 6.07) is 0. The fourth-order valence-electron chi connectivity index (χ4n) is 2.56. The van der Waals surface area contributed by atoms with E-state index in [1.165, 1.54) is 58.0 Å². The molecule has 0 radical (unpaired) electrons. The van der Waals surface area contributed by atoms with Gasteiger partial charge in [-0.2, -0.15) is 0 Å². The van der Waals surface area contributed by atoms with Gasteiger partial charge in [0.1, 0.15) is 0 Å². The van der Waals surface area contributed by atoms with Gasteiger partial charge in [-0.25, -0.2) is 0 Å². The molecular formula is C16H35N. The van der Waals surface area contributed by atoms with E-state index in [9.17, 15) is 0 Å². The van der Waals surface area contributed by atoms with Crippen molar-refractivity contribution in [1.29, 1.82) is 0 Å². The Bertz CT molecular complexity index is 163. The monoisotopic (exact) mass is 241 g/mol. The van der Waals surface area contributed by atoms with E-state index in [4.69, 9.17) is 0 Å². The summed E-state index contributed by atoms with van der Waals surface area (Å²) in [7, 11) is 0. The molecule has 0 saturated carbocycles. The molecule has 0 rings (SSSR count). The van der Waals surface area contributed by atoms with E-state index in [1.54, 1.807) is 0 Å². The molecule has 17 heavy (non-hydrogen) atoms. The molecule has 1 nitrogen and oxygen atoms in total. The van der Waals surface area contributed by atoms with Gasteiger partial charge in [0.25, 0.3) is 0 Å². The molecule has 1 heteroatoms. The summed E-state index contributed by atoms with van der Waals surface area (Å²) in [4.78, 5) is 0. The Hall–Kier alpha value is -0.0400. The molecule has 0 spiro atoms. The standard InChI is InChI=1S/C16H35N/c1-6-9-10-15(8-3)14-16(4,5)11-13-17-12-7-2/h15,17H,6-14H2,1-5H3. The smallest absolute Gasteiger partial charge is 0.00438 e. The highest BCUT2D eigenvalue weighted by Crippen LogP contribution is 2.32. The largest absolute Gasteiger partial charge is 0.317 e. The number of rotatable bonds is 11. The van der Waals surface area contributed by atoms with Crippen LogP contribution in [0, 0.1) is 11.3 Å². The first kappa shape index (κ1) is 17.0. The second-order valence-electron chi connectivity index (χ2n) is 6.28. The van der Waals surface area contributed by atoms with Crippen LogP contribution in [0.25, 0.3) is 0 Å². The van der Waals surface area contributed by atoms with Gasteiger partial charge in [-0.05, 0) is 43.7 Å². The lowest BCUT2D eigenvalue weighted by atomic mass is 9.77. The Labute approximate surface area is 110 Å². The predicted octanol–water partition coefficient (Wildman–Crippen LogP) is 5.01. The van der Waals surface area contributed by atoms with Gasteiger partial charge in [-0.1, -0.05) is 60.3 Å². The third-order valence-corrected chi connectivity index (χ3v) is 3.79. The van der Waals surface area contributed by atoms with E-state index in [2.05, 4.69) is 39.9 Å². The Morgan fingerprint density at radius 3 is 2.24 bits per heavy atom. The summed E-state index contributed by atoms with van der Waals surface area (Å²) in [5.74, 6) is 0.941. The maximum absolute atomic E-state index is 3.53. The molecule has 0 saturated heterocycles. The van der Waals surface area contributed by atoms with E-state index in [-0.39, 0.29) is 0 Å². The van der Waals surface area contributed by atoms with Crippen LogP contribution in [0.3, 0.4) is 0 Å². The zero-order valence-electron chi connectivity index (χ0n) is 12.9. The zero-order valence-corrected chi connectivity index (χ0v) is 12.9. The number of unbranched alkanes of at least 4 members (excludes halogenated alkanes) is 1. The van der Waals surface area contributed by atoms with Gasteiger partial charge in [0.2, 0.25) is 0 Å². The Morgan fingerprint density at radius 1 is 1.00 bits per heavy atom. The predicted molar refractivity (Wildman–Crippen MR) is 79.5 cm³/mol. The summed E-state index contributed by atoms with van der Waals surface area (Å²) in [5, 5.41) is 3.53. The first-order chi connectivity index (χ1) is 8.05. The van der Waals surface area contributed by atoms with Crippen molar-refractivity contribution in [3.8, 4) is 0 Å². The first-order valence-electron chi connectivity index (χ1n) is 7.76. The van der Waals surface area contributed by atoms with Crippen LogP contribution in [-0.4, -0.2) is 13.1 Å². The highest BCUT2D eigenvalue weighted by molar-refractivity contribution is 4.74. The zero-order chi connectivity index (χ0) is 13.1. The van der Waals surface area contributed by atoms with Gasteiger partial charge in [-0.3, -0.25) is 0 Å². The number of hydrogen-bond acceptors (Lipinski definition) is 1. The van der Waals surface area contributed by atoms with Gasteiger partial charge in [0.05, 0.1) is 0 Å². The highest BCUT2D eigenvalue weighted by Gasteiger charge is 2.21. The van der Waals surface area contributed by atoms with Gasteiger partial charge in [0, 0.05) is 0 Å². The maximum atomic E-state index is 3.53. The van der Waals surface area contributed by atoms with Crippen LogP contribution < -0.4 is 5.32 Å². The van der Waals surface area contributed by atoms with Crippen molar-refractivity contribution in [1.82, 2.24) is 5.32 Å². The van der Waals surface area contributed by atoms with E-state index in [0.717, 1.165) is 5.92 Å². The molecule has 1 atom stereocenters. The molecule has 0 aromatic carbocycles. The minimum atomic E-state index is 0.509. The third-order valence-electron chi connectivity index (χ3n) is 3.79. The van der Waals surface area contributed by atoms with E-state index < -0.39 is 0 Å². The van der Waals surface area contributed by atoms with Crippen molar-refractivity contribution in [3.63, 3.8) is 0 Å². The Balaban J connectivity index is 3.85. The van der Waals surface area contributed by atoms with Crippen molar-refractivity contribution >= 4 is 0 Å². The van der Waals surface area contributed by atoms with Crippen molar-refractivity contribution in [2.75, 3.05) is 13.1 Å². The molecule has 0 bridgehead atoms. The minimum Gasteiger partial charge on any atom is -0.317 e. The summed E-state index contributed by atoms with van der Waals surface area (Å²) in [6.45, 7) is 14.1. The van der Waals surface area contributed by atoms with E-state index in [1.807, 2.05) is 0 Å². The molecule has 0 aliphatic carbocycles. The normalized spacial score (nSPS) is 13.9. The first-order valence-corrected chi connectivity index (χ1v) is 7.76. The fraction of sp³-hybridized carbons (Fsp3) is 1.00. The lowest BCUT2D eigenvalue weighted by molar-refractivity contribution is 0.230. The Morgan fingerprint density at radius 2 is 1.71 bits per heavy atom. The van der Waals surface area contributed by atoms with Gasteiger partial charge in [0.15, 0.2) is 0 Å². The van der Waals surface area contributed by atoms with Crippen molar-refractivity contribution in [2.45, 2.75) is 79.6 Å². The molecule has 1 unspecified atom stereocenters. The van der Waals surface area contributed by atoms with Crippen LogP contribution in [0.4, 0.5) is 0 Å². The fourth-order valence-corrected chi connectivity index (χ4v) is 2.56. The van der Waals surface area contributed by atoms with Crippen LogP contribution >= 0.6 is 0 Å². The molecule has 0 aromatic heterocycles. The van der Waals surface area contributed by atoms with Crippen LogP contribution in [0.1, 0.15) is 79.6 Å². The molecule has 0 aliphatic heterocycles. The van der Waals surface area contributed by atoms with Crippen LogP contribution in [0.2, 0.25) is 0 Å². The van der Waals surface area contributed by atoms with Gasteiger partial charge < -0.3 is 5.32 Å². The summed E-state index contributed by atoms with van der Waals surface area (Å²) in [5.41, 5.74) is 0.509. The molecule has 0 amide bonds. The average molecular weight is 241 g/mol. The van der Waals surface area contributed by atoms with Gasteiger partial charge in [-0.15, -0.1) is 0 Å². The van der Waals surface area contributed by atoms with Gasteiger partial charge >= 0.3 is 0 Å². The molecule has 0 fully saturated rings. The lowest BCUT2D eigenvalue weighted by Gasteiger charge is -2.29. The molecular weight excluding hydrogens is 206 g/mol. The molecule has 1 N–H and O–H groups in total. The highest BCUT2D eigenvalue weighted by atomic mass is 14.8. The average Bonchev–Trinajstić information content (AvgIpc) is 2.30. The topological polar surface area (TPSA) is 12.0 Å². The molecule has 104 valence electrons. The maximum Gasteiger partial charge on any atom is -0.00438 e.